The molecule has 0 bridgehead atoms. The summed E-state index contributed by atoms with van der Waals surface area (Å²) in [7, 11) is 0. The topological polar surface area (TPSA) is 59.8 Å². The number of carbonyl (C=O) groups is 1. The van der Waals surface area contributed by atoms with Gasteiger partial charge in [-0.05, 0) is 38.8 Å². The maximum Gasteiger partial charge on any atom is 0.187 e. The molecule has 0 amide bonds. The monoisotopic (exact) mass is 262 g/mol. The summed E-state index contributed by atoms with van der Waals surface area (Å²) < 4.78 is 1.90. The number of hydrogen-bond donors (Lipinski definition) is 1. The van der Waals surface area contributed by atoms with Crippen molar-refractivity contribution in [2.45, 2.75) is 51.0 Å². The lowest BCUT2D eigenvalue weighted by atomic mass is 9.85. The summed E-state index contributed by atoms with van der Waals surface area (Å²) in [5.74, 6) is 0.395. The zero-order valence-corrected chi connectivity index (χ0v) is 11.3. The largest absolute Gasteiger partial charge is 0.317 e. The molecular weight excluding hydrogens is 240 g/mol. The molecule has 2 aliphatic rings. The average Bonchev–Trinajstić information content (AvgIpc) is 2.98. The lowest BCUT2D eigenvalue weighted by Gasteiger charge is -2.22. The van der Waals surface area contributed by atoms with E-state index < -0.39 is 0 Å². The van der Waals surface area contributed by atoms with Crippen molar-refractivity contribution < 1.29 is 4.79 Å². The van der Waals surface area contributed by atoms with E-state index in [1.54, 1.807) is 0 Å². The van der Waals surface area contributed by atoms with Gasteiger partial charge in [-0.25, -0.2) is 4.68 Å². The van der Waals surface area contributed by atoms with Crippen molar-refractivity contribution in [3.8, 4) is 0 Å². The Morgan fingerprint density at radius 3 is 2.63 bits per heavy atom. The number of carbonyl (C=O) groups excluding carboxylic acids is 1. The fourth-order valence-corrected chi connectivity index (χ4v) is 3.21. The Bertz CT molecular complexity index is 430. The first-order chi connectivity index (χ1) is 9.34. The summed E-state index contributed by atoms with van der Waals surface area (Å²) in [4.78, 5) is 12.4. The van der Waals surface area contributed by atoms with Crippen LogP contribution in [0.5, 0.6) is 0 Å². The number of rotatable bonds is 3. The minimum Gasteiger partial charge on any atom is -0.317 e. The standard InChI is InChI=1S/C14H22N4O/c19-14(11-4-2-1-3-5-11)13-10-18(17-16-13)12-6-8-15-9-7-12/h10-12,15H,1-9H2. The van der Waals surface area contributed by atoms with Crippen LogP contribution in [-0.4, -0.2) is 33.9 Å². The highest BCUT2D eigenvalue weighted by molar-refractivity contribution is 5.95. The maximum atomic E-state index is 12.4. The van der Waals surface area contributed by atoms with Crippen molar-refractivity contribution in [1.29, 1.82) is 0 Å². The van der Waals surface area contributed by atoms with Crippen molar-refractivity contribution in [2.24, 2.45) is 5.92 Å². The first-order valence-corrected chi connectivity index (χ1v) is 7.51. The van der Waals surface area contributed by atoms with Gasteiger partial charge in [-0.1, -0.05) is 24.5 Å². The molecule has 1 saturated heterocycles. The number of nitrogens with zero attached hydrogens (tertiary/aromatic N) is 3. The molecule has 0 unspecified atom stereocenters. The van der Waals surface area contributed by atoms with Gasteiger partial charge >= 0.3 is 0 Å². The molecule has 0 radical (unpaired) electrons. The molecule has 1 aromatic heterocycles. The van der Waals surface area contributed by atoms with Crippen molar-refractivity contribution in [3.63, 3.8) is 0 Å². The Morgan fingerprint density at radius 1 is 1.16 bits per heavy atom. The van der Waals surface area contributed by atoms with E-state index in [0.717, 1.165) is 38.8 Å². The second kappa shape index (κ2) is 5.82. The van der Waals surface area contributed by atoms with E-state index in [0.29, 0.717) is 11.7 Å². The fraction of sp³-hybridized carbons (Fsp3) is 0.786. The highest BCUT2D eigenvalue weighted by Crippen LogP contribution is 2.26. The predicted octanol–water partition coefficient (Wildman–Crippen LogP) is 1.97. The van der Waals surface area contributed by atoms with Crippen LogP contribution in [0.4, 0.5) is 0 Å². The van der Waals surface area contributed by atoms with Gasteiger partial charge in [-0.15, -0.1) is 5.10 Å². The Balaban J connectivity index is 1.67. The first-order valence-electron chi connectivity index (χ1n) is 7.51. The lowest BCUT2D eigenvalue weighted by Crippen LogP contribution is -2.29. The van der Waals surface area contributed by atoms with Gasteiger partial charge in [0.15, 0.2) is 5.78 Å². The van der Waals surface area contributed by atoms with Crippen LogP contribution >= 0.6 is 0 Å². The maximum absolute atomic E-state index is 12.4. The lowest BCUT2D eigenvalue weighted by molar-refractivity contribution is 0.0884. The molecule has 3 rings (SSSR count). The van der Waals surface area contributed by atoms with E-state index in [9.17, 15) is 4.79 Å². The Labute approximate surface area is 113 Å². The van der Waals surface area contributed by atoms with Gasteiger partial charge in [-0.3, -0.25) is 4.79 Å². The summed E-state index contributed by atoms with van der Waals surface area (Å²) in [6, 6.07) is 0.404. The summed E-state index contributed by atoms with van der Waals surface area (Å²) in [5.41, 5.74) is 0.574. The predicted molar refractivity (Wildman–Crippen MR) is 72.1 cm³/mol. The molecule has 19 heavy (non-hydrogen) atoms. The molecule has 1 N–H and O–H groups in total. The highest BCUT2D eigenvalue weighted by atomic mass is 16.1. The van der Waals surface area contributed by atoms with Crippen molar-refractivity contribution in [3.05, 3.63) is 11.9 Å². The summed E-state index contributed by atoms with van der Waals surface area (Å²) >= 11 is 0. The van der Waals surface area contributed by atoms with Gasteiger partial charge < -0.3 is 5.32 Å². The molecule has 1 aromatic rings. The van der Waals surface area contributed by atoms with Gasteiger partial charge in [0, 0.05) is 5.92 Å². The van der Waals surface area contributed by atoms with Crippen molar-refractivity contribution >= 4 is 5.78 Å². The normalized spacial score (nSPS) is 22.5. The van der Waals surface area contributed by atoms with Gasteiger partial charge in [-0.2, -0.15) is 0 Å². The SMILES string of the molecule is O=C(c1cn(C2CCNCC2)nn1)C1CCCCC1. The number of aromatic nitrogens is 3. The Kier molecular flexibility index (Phi) is 3.92. The average molecular weight is 262 g/mol. The van der Waals surface area contributed by atoms with Crippen LogP contribution < -0.4 is 5.32 Å². The second-order valence-corrected chi connectivity index (χ2v) is 5.76. The van der Waals surface area contributed by atoms with Crippen LogP contribution in [0.25, 0.3) is 0 Å². The van der Waals surface area contributed by atoms with Crippen molar-refractivity contribution in [1.82, 2.24) is 20.3 Å². The van der Waals surface area contributed by atoms with Gasteiger partial charge in [0.2, 0.25) is 0 Å². The summed E-state index contributed by atoms with van der Waals surface area (Å²) in [6.45, 7) is 2.05. The van der Waals surface area contributed by atoms with Crippen LogP contribution in [0.3, 0.4) is 0 Å². The zero-order valence-electron chi connectivity index (χ0n) is 11.3. The molecule has 2 heterocycles. The van der Waals surface area contributed by atoms with Gasteiger partial charge in [0.1, 0.15) is 5.69 Å². The highest BCUT2D eigenvalue weighted by Gasteiger charge is 2.25. The van der Waals surface area contributed by atoms with Gasteiger partial charge in [0.25, 0.3) is 0 Å². The summed E-state index contributed by atoms with van der Waals surface area (Å²) in [5, 5.41) is 11.6. The molecule has 104 valence electrons. The molecule has 2 fully saturated rings. The zero-order chi connectivity index (χ0) is 13.1. The molecule has 5 nitrogen and oxygen atoms in total. The summed E-state index contributed by atoms with van der Waals surface area (Å²) in [6.07, 6.45) is 9.69. The molecule has 1 aliphatic carbocycles. The number of ketones is 1. The Hall–Kier alpha value is -1.23. The van der Waals surface area contributed by atoms with E-state index in [1.807, 2.05) is 10.9 Å². The molecular formula is C14H22N4O. The minimum absolute atomic E-state index is 0.187. The third-order valence-corrected chi connectivity index (χ3v) is 4.42. The van der Waals surface area contributed by atoms with E-state index in [2.05, 4.69) is 15.6 Å². The van der Waals surface area contributed by atoms with Crippen LogP contribution in [0, 0.1) is 5.92 Å². The minimum atomic E-state index is 0.187. The quantitative estimate of drug-likeness (QED) is 0.846. The first kappa shape index (κ1) is 12.8. The van der Waals surface area contributed by atoms with E-state index in [-0.39, 0.29) is 11.7 Å². The molecule has 5 heteroatoms. The third-order valence-electron chi connectivity index (χ3n) is 4.42. The van der Waals surface area contributed by atoms with Crippen LogP contribution in [-0.2, 0) is 0 Å². The van der Waals surface area contributed by atoms with E-state index >= 15 is 0 Å². The number of hydrogen-bond acceptors (Lipinski definition) is 4. The van der Waals surface area contributed by atoms with Crippen LogP contribution in [0.15, 0.2) is 6.20 Å². The third kappa shape index (κ3) is 2.86. The smallest absolute Gasteiger partial charge is 0.187 e. The molecule has 0 spiro atoms. The number of Topliss-reactive ketones (excluding diaryl/α,β-unsaturated/α-hetero) is 1. The molecule has 1 aliphatic heterocycles. The van der Waals surface area contributed by atoms with Crippen molar-refractivity contribution in [2.75, 3.05) is 13.1 Å². The molecule has 0 aromatic carbocycles. The fourth-order valence-electron chi connectivity index (χ4n) is 3.21. The van der Waals surface area contributed by atoms with Crippen LogP contribution in [0.1, 0.15) is 61.5 Å². The van der Waals surface area contributed by atoms with E-state index in [4.69, 9.17) is 0 Å². The number of nitrogens with one attached hydrogen (secondary N) is 1. The molecule has 0 atom stereocenters. The van der Waals surface area contributed by atoms with Crippen LogP contribution in [0.2, 0.25) is 0 Å². The number of piperidine rings is 1. The van der Waals surface area contributed by atoms with Gasteiger partial charge in [0.05, 0.1) is 12.2 Å². The second-order valence-electron chi connectivity index (χ2n) is 5.76. The molecule has 1 saturated carbocycles. The van der Waals surface area contributed by atoms with E-state index in [1.165, 1.54) is 19.3 Å². The Morgan fingerprint density at radius 2 is 1.89 bits per heavy atom.